The van der Waals surface area contributed by atoms with E-state index in [2.05, 4.69) is 132 Å². The molecule has 0 bridgehead atoms. The van der Waals surface area contributed by atoms with Crippen molar-refractivity contribution in [1.29, 1.82) is 0 Å². The summed E-state index contributed by atoms with van der Waals surface area (Å²) < 4.78 is 8.79. The molecule has 9 aromatic rings. The van der Waals surface area contributed by atoms with E-state index >= 15 is 0 Å². The van der Waals surface area contributed by atoms with Crippen LogP contribution in [0.5, 0.6) is 0 Å². The van der Waals surface area contributed by atoms with Crippen LogP contribution in [0, 0.1) is 0 Å². The van der Waals surface area contributed by atoms with Crippen LogP contribution in [0.2, 0.25) is 0 Å². The van der Waals surface area contributed by atoms with Gasteiger partial charge in [0.15, 0.2) is 0 Å². The van der Waals surface area contributed by atoms with Crippen LogP contribution in [0.3, 0.4) is 0 Å². The van der Waals surface area contributed by atoms with Crippen molar-refractivity contribution < 1.29 is 4.42 Å². The second kappa shape index (κ2) is 8.69. The molecule has 0 N–H and O–H groups in total. The van der Waals surface area contributed by atoms with Crippen molar-refractivity contribution >= 4 is 92.1 Å². The fraction of sp³-hybridized carbons (Fsp3) is 0. The molecule has 192 valence electrons. The molecule has 2 nitrogen and oxygen atoms in total. The predicted octanol–water partition coefficient (Wildman–Crippen LogP) is 11.7. The lowest BCUT2D eigenvalue weighted by Crippen LogP contribution is -2.10. The molecule has 0 radical (unpaired) electrons. The van der Waals surface area contributed by atoms with E-state index in [1.165, 1.54) is 47.4 Å². The normalized spacial score (nSPS) is 11.9. The monoisotopic (exact) mass is 541 g/mol. The number of fused-ring (bicyclic) bond motifs is 10. The van der Waals surface area contributed by atoms with Crippen LogP contribution >= 0.6 is 11.3 Å². The Morgan fingerprint density at radius 2 is 1.12 bits per heavy atom. The van der Waals surface area contributed by atoms with E-state index in [9.17, 15) is 0 Å². The average Bonchev–Trinajstić information content (AvgIpc) is 3.60. The van der Waals surface area contributed by atoms with Crippen LogP contribution < -0.4 is 4.90 Å². The molecule has 0 unspecified atom stereocenters. The van der Waals surface area contributed by atoms with Gasteiger partial charge >= 0.3 is 0 Å². The van der Waals surface area contributed by atoms with Crippen molar-refractivity contribution in [1.82, 2.24) is 0 Å². The summed E-state index contributed by atoms with van der Waals surface area (Å²) in [5.41, 5.74) is 5.21. The van der Waals surface area contributed by atoms with Gasteiger partial charge in [0.25, 0.3) is 0 Å². The molecule has 0 aliphatic rings. The zero-order valence-corrected chi connectivity index (χ0v) is 22.9. The highest BCUT2D eigenvalue weighted by Crippen LogP contribution is 2.48. The molecule has 0 saturated carbocycles. The first-order valence-electron chi connectivity index (χ1n) is 13.9. The fourth-order valence-corrected chi connectivity index (χ4v) is 7.60. The summed E-state index contributed by atoms with van der Waals surface area (Å²) >= 11 is 1.88. The maximum absolute atomic E-state index is 6.18. The molecule has 3 heteroatoms. The molecule has 0 saturated heterocycles. The van der Waals surface area contributed by atoms with E-state index in [-0.39, 0.29) is 0 Å². The highest BCUT2D eigenvalue weighted by molar-refractivity contribution is 7.26. The molecule has 41 heavy (non-hydrogen) atoms. The number of hydrogen-bond acceptors (Lipinski definition) is 3. The summed E-state index contributed by atoms with van der Waals surface area (Å²) in [7, 11) is 0. The fourth-order valence-electron chi connectivity index (χ4n) is 6.43. The van der Waals surface area contributed by atoms with Crippen molar-refractivity contribution in [2.75, 3.05) is 4.90 Å². The van der Waals surface area contributed by atoms with Crippen LogP contribution in [0.25, 0.3) is 63.7 Å². The molecular formula is C38H23NOS. The highest BCUT2D eigenvalue weighted by atomic mass is 32.1. The topological polar surface area (TPSA) is 16.4 Å². The minimum Gasteiger partial charge on any atom is -0.456 e. The van der Waals surface area contributed by atoms with Gasteiger partial charge in [0, 0.05) is 47.7 Å². The van der Waals surface area contributed by atoms with Crippen molar-refractivity contribution in [3.63, 3.8) is 0 Å². The van der Waals surface area contributed by atoms with Gasteiger partial charge < -0.3 is 9.32 Å². The lowest BCUT2D eigenvalue weighted by Gasteiger charge is -2.27. The standard InChI is InChI=1S/C38H23NOS/c1-2-11-25(12-3-1)39(26-19-20-34-31(22-26)29-15-8-9-17-33(29)40-34)32-23-36-38(30-16-7-6-14-28(30)32)37-27-13-5-4-10-24(27)18-21-35(37)41-36/h1-23H. The van der Waals surface area contributed by atoms with E-state index in [1.54, 1.807) is 0 Å². The van der Waals surface area contributed by atoms with Gasteiger partial charge in [-0.25, -0.2) is 0 Å². The van der Waals surface area contributed by atoms with E-state index in [0.717, 1.165) is 33.3 Å². The van der Waals surface area contributed by atoms with E-state index in [1.807, 2.05) is 23.5 Å². The molecule has 0 amide bonds. The summed E-state index contributed by atoms with van der Waals surface area (Å²) in [4.78, 5) is 2.39. The lowest BCUT2D eigenvalue weighted by atomic mass is 9.98. The summed E-state index contributed by atoms with van der Waals surface area (Å²) in [5, 5.41) is 10.0. The molecule has 2 aromatic heterocycles. The smallest absolute Gasteiger partial charge is 0.135 e. The Bertz CT molecular complexity index is 2430. The Balaban J connectivity index is 1.39. The third-order valence-corrected chi connectivity index (χ3v) is 9.32. The second-order valence-corrected chi connectivity index (χ2v) is 11.6. The predicted molar refractivity (Wildman–Crippen MR) is 176 cm³/mol. The zero-order chi connectivity index (χ0) is 26.9. The number of nitrogens with zero attached hydrogens (tertiary/aromatic N) is 1. The Hall–Kier alpha value is -5.12. The maximum atomic E-state index is 6.18. The Labute approximate surface area is 240 Å². The van der Waals surface area contributed by atoms with Crippen molar-refractivity contribution in [2.24, 2.45) is 0 Å². The third-order valence-electron chi connectivity index (χ3n) is 8.22. The lowest BCUT2D eigenvalue weighted by molar-refractivity contribution is 0.669. The number of para-hydroxylation sites is 2. The molecule has 9 rings (SSSR count). The van der Waals surface area contributed by atoms with Crippen LogP contribution in [0.4, 0.5) is 17.1 Å². The first kappa shape index (κ1) is 22.7. The van der Waals surface area contributed by atoms with Crippen molar-refractivity contribution in [3.05, 3.63) is 140 Å². The number of rotatable bonds is 3. The van der Waals surface area contributed by atoms with Gasteiger partial charge in [0.2, 0.25) is 0 Å². The van der Waals surface area contributed by atoms with Gasteiger partial charge in [0.05, 0.1) is 5.69 Å². The quantitative estimate of drug-likeness (QED) is 0.221. The van der Waals surface area contributed by atoms with Gasteiger partial charge in [-0.15, -0.1) is 11.3 Å². The molecule has 0 atom stereocenters. The van der Waals surface area contributed by atoms with E-state index in [4.69, 9.17) is 4.42 Å². The SMILES string of the molecule is c1ccc(N(c2ccc3oc4ccccc4c3c2)c2cc3sc4ccc5ccccc5c4c3c3ccccc23)cc1. The van der Waals surface area contributed by atoms with Crippen molar-refractivity contribution in [3.8, 4) is 0 Å². The van der Waals surface area contributed by atoms with Crippen LogP contribution in [0.1, 0.15) is 0 Å². The molecule has 0 fully saturated rings. The summed E-state index contributed by atoms with van der Waals surface area (Å²) in [6.45, 7) is 0. The van der Waals surface area contributed by atoms with E-state index in [0.29, 0.717) is 0 Å². The Morgan fingerprint density at radius 3 is 2.00 bits per heavy atom. The molecule has 0 aliphatic carbocycles. The molecule has 7 aromatic carbocycles. The number of benzene rings is 7. The number of hydrogen-bond donors (Lipinski definition) is 0. The van der Waals surface area contributed by atoms with Gasteiger partial charge in [-0.1, -0.05) is 91.0 Å². The first-order valence-corrected chi connectivity index (χ1v) is 14.7. The number of anilines is 3. The van der Waals surface area contributed by atoms with Gasteiger partial charge in [-0.2, -0.15) is 0 Å². The Morgan fingerprint density at radius 1 is 0.439 bits per heavy atom. The van der Waals surface area contributed by atoms with Crippen LogP contribution in [-0.2, 0) is 0 Å². The highest BCUT2D eigenvalue weighted by Gasteiger charge is 2.21. The van der Waals surface area contributed by atoms with E-state index < -0.39 is 0 Å². The molecule has 0 spiro atoms. The van der Waals surface area contributed by atoms with Gasteiger partial charge in [0.1, 0.15) is 11.2 Å². The summed E-state index contributed by atoms with van der Waals surface area (Å²) in [6, 6.07) is 50.0. The number of furan rings is 1. The van der Waals surface area contributed by atoms with Crippen molar-refractivity contribution in [2.45, 2.75) is 0 Å². The summed E-state index contributed by atoms with van der Waals surface area (Å²) in [6.07, 6.45) is 0. The second-order valence-electron chi connectivity index (χ2n) is 10.5. The average molecular weight is 542 g/mol. The molecular weight excluding hydrogens is 518 g/mol. The van der Waals surface area contributed by atoms with Gasteiger partial charge in [-0.3, -0.25) is 0 Å². The van der Waals surface area contributed by atoms with Crippen LogP contribution in [0.15, 0.2) is 144 Å². The first-order chi connectivity index (χ1) is 20.3. The van der Waals surface area contributed by atoms with Gasteiger partial charge in [-0.05, 0) is 64.7 Å². The zero-order valence-electron chi connectivity index (χ0n) is 22.0. The minimum atomic E-state index is 0.902. The maximum Gasteiger partial charge on any atom is 0.135 e. The summed E-state index contributed by atoms with van der Waals surface area (Å²) in [5.74, 6) is 0. The minimum absolute atomic E-state index is 0.902. The number of thiophene rings is 1. The largest absolute Gasteiger partial charge is 0.456 e. The van der Waals surface area contributed by atoms with Crippen LogP contribution in [-0.4, -0.2) is 0 Å². The third kappa shape index (κ3) is 3.36. The molecule has 0 aliphatic heterocycles. The Kier molecular flexibility index (Phi) is 4.80. The molecule has 2 heterocycles.